The van der Waals surface area contributed by atoms with E-state index in [0.717, 1.165) is 50.2 Å². The molecule has 8 heteroatoms. The molecule has 4 fully saturated rings. The Morgan fingerprint density at radius 1 is 0.975 bits per heavy atom. The molecule has 1 aromatic heterocycles. The number of nitrogens with zero attached hydrogens (tertiary/aromatic N) is 4. The van der Waals surface area contributed by atoms with Gasteiger partial charge in [0.15, 0.2) is 0 Å². The molecule has 8 nitrogen and oxygen atoms in total. The van der Waals surface area contributed by atoms with Crippen molar-refractivity contribution in [1.29, 1.82) is 0 Å². The minimum atomic E-state index is -0.440. The van der Waals surface area contributed by atoms with Crippen LogP contribution in [0.1, 0.15) is 62.4 Å². The van der Waals surface area contributed by atoms with Crippen molar-refractivity contribution < 1.29 is 9.59 Å². The number of aryl methyl sites for hydroxylation is 1. The molecule has 0 spiro atoms. The predicted molar refractivity (Wildman–Crippen MR) is 155 cm³/mol. The second-order valence-corrected chi connectivity index (χ2v) is 12.4. The SMILES string of the molecule is Cc1nc2ccccc2n1C1CC2CCC(C1)N2CCC1(c2ccccc2)CCN(C(=O)C2CNC(=O)N2)CC1. The Morgan fingerprint density at radius 3 is 2.38 bits per heavy atom. The van der Waals surface area contributed by atoms with Crippen LogP contribution in [-0.2, 0) is 10.2 Å². The number of hydrogen-bond donors (Lipinski definition) is 2. The van der Waals surface area contributed by atoms with E-state index in [2.05, 4.69) is 81.6 Å². The lowest BCUT2D eigenvalue weighted by Gasteiger charge is -2.46. The molecule has 7 rings (SSSR count). The molecule has 5 heterocycles. The van der Waals surface area contributed by atoms with Crippen molar-refractivity contribution in [2.75, 3.05) is 26.2 Å². The van der Waals surface area contributed by atoms with E-state index >= 15 is 0 Å². The molecule has 2 bridgehead atoms. The van der Waals surface area contributed by atoms with Crippen LogP contribution in [0.2, 0.25) is 0 Å². The third-order valence-electron chi connectivity index (χ3n) is 10.3. The molecule has 3 atom stereocenters. The highest BCUT2D eigenvalue weighted by atomic mass is 16.2. The predicted octanol–water partition coefficient (Wildman–Crippen LogP) is 4.14. The molecule has 2 N–H and O–H groups in total. The summed E-state index contributed by atoms with van der Waals surface area (Å²) in [5.41, 5.74) is 3.86. The Bertz CT molecular complexity index is 1380. The normalized spacial score (nSPS) is 28.0. The zero-order valence-electron chi connectivity index (χ0n) is 23.4. The summed E-state index contributed by atoms with van der Waals surface area (Å²) in [6, 6.07) is 20.6. The topological polar surface area (TPSA) is 82.5 Å². The Hall–Kier alpha value is -3.39. The number of carbonyl (C=O) groups excluding carboxylic acids is 2. The highest BCUT2D eigenvalue weighted by molar-refractivity contribution is 5.90. The zero-order valence-corrected chi connectivity index (χ0v) is 23.4. The Balaban J connectivity index is 1.05. The minimum Gasteiger partial charge on any atom is -0.341 e. The van der Waals surface area contributed by atoms with Gasteiger partial charge in [-0.3, -0.25) is 9.69 Å². The maximum Gasteiger partial charge on any atom is 0.315 e. The average Bonchev–Trinajstić information content (AvgIpc) is 3.64. The van der Waals surface area contributed by atoms with Crippen LogP contribution in [0, 0.1) is 6.92 Å². The molecule has 0 aliphatic carbocycles. The lowest BCUT2D eigenvalue weighted by molar-refractivity contribution is -0.134. The van der Waals surface area contributed by atoms with E-state index < -0.39 is 6.04 Å². The van der Waals surface area contributed by atoms with Gasteiger partial charge in [-0.15, -0.1) is 0 Å². The van der Waals surface area contributed by atoms with Gasteiger partial charge in [0.1, 0.15) is 11.9 Å². The van der Waals surface area contributed by atoms with Crippen molar-refractivity contribution in [3.05, 3.63) is 66.0 Å². The molecule has 40 heavy (non-hydrogen) atoms. The van der Waals surface area contributed by atoms with E-state index in [0.29, 0.717) is 24.7 Å². The first-order chi connectivity index (χ1) is 19.5. The van der Waals surface area contributed by atoms with Crippen LogP contribution < -0.4 is 10.6 Å². The summed E-state index contributed by atoms with van der Waals surface area (Å²) in [5.74, 6) is 1.18. The number of urea groups is 1. The molecule has 2 aromatic carbocycles. The van der Waals surface area contributed by atoms with Crippen molar-refractivity contribution in [2.24, 2.45) is 0 Å². The van der Waals surface area contributed by atoms with Gasteiger partial charge in [-0.05, 0) is 81.5 Å². The molecule has 4 aliphatic heterocycles. The monoisotopic (exact) mass is 540 g/mol. The van der Waals surface area contributed by atoms with E-state index in [1.54, 1.807) is 0 Å². The fraction of sp³-hybridized carbons (Fsp3) is 0.531. The summed E-state index contributed by atoms with van der Waals surface area (Å²) in [5, 5.41) is 5.48. The first kappa shape index (κ1) is 25.6. The molecule has 4 aliphatic rings. The van der Waals surface area contributed by atoms with Gasteiger partial charge in [0.25, 0.3) is 0 Å². The van der Waals surface area contributed by atoms with Crippen molar-refractivity contribution in [1.82, 2.24) is 30.0 Å². The number of aromatic nitrogens is 2. The summed E-state index contributed by atoms with van der Waals surface area (Å²) in [4.78, 5) is 34.3. The number of benzene rings is 2. The van der Waals surface area contributed by atoms with Crippen LogP contribution in [0.5, 0.6) is 0 Å². The van der Waals surface area contributed by atoms with Crippen molar-refractivity contribution >= 4 is 23.0 Å². The highest BCUT2D eigenvalue weighted by Crippen LogP contribution is 2.45. The number of para-hydroxylation sites is 2. The summed E-state index contributed by atoms with van der Waals surface area (Å²) in [7, 11) is 0. The fourth-order valence-electron chi connectivity index (χ4n) is 8.24. The van der Waals surface area contributed by atoms with Gasteiger partial charge >= 0.3 is 6.03 Å². The Morgan fingerprint density at radius 2 is 1.68 bits per heavy atom. The summed E-state index contributed by atoms with van der Waals surface area (Å²) < 4.78 is 2.51. The number of piperidine rings is 2. The molecule has 0 saturated carbocycles. The van der Waals surface area contributed by atoms with Crippen LogP contribution in [-0.4, -0.2) is 75.6 Å². The molecule has 3 amide bonds. The molecule has 3 aromatic rings. The molecule has 0 radical (unpaired) electrons. The van der Waals surface area contributed by atoms with E-state index in [-0.39, 0.29) is 17.4 Å². The van der Waals surface area contributed by atoms with Crippen LogP contribution in [0.4, 0.5) is 4.79 Å². The quantitative estimate of drug-likeness (QED) is 0.492. The second-order valence-electron chi connectivity index (χ2n) is 12.4. The lowest BCUT2D eigenvalue weighted by atomic mass is 9.70. The van der Waals surface area contributed by atoms with E-state index in [9.17, 15) is 9.59 Å². The van der Waals surface area contributed by atoms with Gasteiger partial charge in [0.05, 0.1) is 11.0 Å². The number of likely N-dealkylation sites (tertiary alicyclic amines) is 1. The molecular formula is C32H40N6O2. The van der Waals surface area contributed by atoms with Crippen molar-refractivity contribution in [3.63, 3.8) is 0 Å². The van der Waals surface area contributed by atoms with Crippen molar-refractivity contribution in [2.45, 2.75) is 81.5 Å². The second kappa shape index (κ2) is 10.2. The van der Waals surface area contributed by atoms with E-state index in [1.807, 2.05) is 4.90 Å². The number of nitrogens with one attached hydrogen (secondary N) is 2. The smallest absolute Gasteiger partial charge is 0.315 e. The number of rotatable bonds is 6. The van der Waals surface area contributed by atoms with E-state index in [1.165, 1.54) is 36.8 Å². The largest absolute Gasteiger partial charge is 0.341 e. The first-order valence-corrected chi connectivity index (χ1v) is 15.1. The number of hydrogen-bond acceptors (Lipinski definition) is 4. The maximum absolute atomic E-state index is 13.1. The summed E-state index contributed by atoms with van der Waals surface area (Å²) in [6.45, 7) is 5.12. The van der Waals surface area contributed by atoms with Gasteiger partial charge in [-0.1, -0.05) is 42.5 Å². The summed E-state index contributed by atoms with van der Waals surface area (Å²) in [6.07, 6.45) is 8.00. The lowest BCUT2D eigenvalue weighted by Crippen LogP contribution is -2.52. The maximum atomic E-state index is 13.1. The van der Waals surface area contributed by atoms with Gasteiger partial charge in [0.2, 0.25) is 5.91 Å². The van der Waals surface area contributed by atoms with Gasteiger partial charge < -0.3 is 20.1 Å². The molecular weight excluding hydrogens is 500 g/mol. The van der Waals surface area contributed by atoms with Crippen molar-refractivity contribution in [3.8, 4) is 0 Å². The molecule has 3 unspecified atom stereocenters. The summed E-state index contributed by atoms with van der Waals surface area (Å²) >= 11 is 0. The third kappa shape index (κ3) is 4.46. The van der Waals surface area contributed by atoms with Crippen LogP contribution >= 0.6 is 0 Å². The first-order valence-electron chi connectivity index (χ1n) is 15.1. The minimum absolute atomic E-state index is 0.0439. The standard InChI is InChI=1S/C32H40N6O2/c1-22-34-27-9-5-6-10-29(27)38(22)26-19-24-11-12-25(20-26)37(24)18-15-32(23-7-3-2-4-8-23)13-16-36(17-14-32)30(39)28-21-33-31(40)35-28/h2-10,24-26,28H,11-21H2,1H3,(H2,33,35,40). The Labute approximate surface area is 236 Å². The van der Waals surface area contributed by atoms with Crippen LogP contribution in [0.3, 0.4) is 0 Å². The molecule has 210 valence electrons. The number of amides is 3. The zero-order chi connectivity index (χ0) is 27.3. The number of fused-ring (bicyclic) bond motifs is 3. The van der Waals surface area contributed by atoms with E-state index in [4.69, 9.17) is 4.98 Å². The number of carbonyl (C=O) groups is 2. The highest BCUT2D eigenvalue weighted by Gasteiger charge is 2.44. The van der Waals surface area contributed by atoms with Gasteiger partial charge in [-0.2, -0.15) is 0 Å². The van der Waals surface area contributed by atoms with Gasteiger partial charge in [0, 0.05) is 37.8 Å². The third-order valence-corrected chi connectivity index (χ3v) is 10.3. The number of imidazole rings is 1. The fourth-order valence-corrected chi connectivity index (χ4v) is 8.24. The van der Waals surface area contributed by atoms with Crippen LogP contribution in [0.15, 0.2) is 54.6 Å². The van der Waals surface area contributed by atoms with Crippen LogP contribution in [0.25, 0.3) is 11.0 Å². The van der Waals surface area contributed by atoms with Gasteiger partial charge in [-0.25, -0.2) is 9.78 Å². The average molecular weight is 541 g/mol. The molecule has 4 saturated heterocycles. The Kier molecular flexibility index (Phi) is 6.53.